The average Bonchev–Trinajstić information content (AvgIpc) is 3.49. The fourth-order valence-electron chi connectivity index (χ4n) is 3.00. The second-order valence-corrected chi connectivity index (χ2v) is 6.65. The van der Waals surface area contributed by atoms with E-state index in [0.29, 0.717) is 29.6 Å². The lowest BCUT2D eigenvalue weighted by atomic mass is 10.2. The van der Waals surface area contributed by atoms with Crippen molar-refractivity contribution < 1.29 is 9.21 Å². The van der Waals surface area contributed by atoms with Gasteiger partial charge in [-0.25, -0.2) is 0 Å². The van der Waals surface area contributed by atoms with Gasteiger partial charge < -0.3 is 9.73 Å². The fourth-order valence-corrected chi connectivity index (χ4v) is 3.00. The normalized spacial score (nSPS) is 10.8. The van der Waals surface area contributed by atoms with Crippen molar-refractivity contribution >= 4 is 23.6 Å². The minimum atomic E-state index is -0.315. The van der Waals surface area contributed by atoms with Gasteiger partial charge in [0.15, 0.2) is 5.76 Å². The number of amides is 1. The highest BCUT2D eigenvalue weighted by molar-refractivity contribution is 6.03. The van der Waals surface area contributed by atoms with Gasteiger partial charge in [0.05, 0.1) is 6.26 Å². The third kappa shape index (κ3) is 3.97. The van der Waals surface area contributed by atoms with Crippen molar-refractivity contribution in [2.24, 2.45) is 0 Å². The molecule has 0 saturated carbocycles. The van der Waals surface area contributed by atoms with Crippen LogP contribution in [0.5, 0.6) is 0 Å². The first-order chi connectivity index (χ1) is 15.3. The molecule has 3 heterocycles. The van der Waals surface area contributed by atoms with Crippen LogP contribution in [-0.4, -0.2) is 30.5 Å². The van der Waals surface area contributed by atoms with E-state index in [4.69, 9.17) is 4.42 Å². The SMILES string of the molecule is O=C(Nc1nc(NCc2ccccc2)nc2nc(-c3ccco3)nn12)c1ccccc1. The molecule has 0 fully saturated rings. The third-order valence-corrected chi connectivity index (χ3v) is 4.50. The molecule has 0 aliphatic carbocycles. The van der Waals surface area contributed by atoms with E-state index >= 15 is 0 Å². The minimum Gasteiger partial charge on any atom is -0.461 e. The van der Waals surface area contributed by atoms with Crippen molar-refractivity contribution in [1.82, 2.24) is 24.6 Å². The number of nitrogens with zero attached hydrogens (tertiary/aromatic N) is 5. The summed E-state index contributed by atoms with van der Waals surface area (Å²) in [6.45, 7) is 0.516. The lowest BCUT2D eigenvalue weighted by Gasteiger charge is -2.09. The van der Waals surface area contributed by atoms with E-state index < -0.39 is 0 Å². The van der Waals surface area contributed by atoms with E-state index in [9.17, 15) is 4.79 Å². The number of furan rings is 1. The summed E-state index contributed by atoms with van der Waals surface area (Å²) < 4.78 is 6.77. The Morgan fingerprint density at radius 3 is 2.42 bits per heavy atom. The fraction of sp³-hybridized carbons (Fsp3) is 0.0455. The third-order valence-electron chi connectivity index (χ3n) is 4.50. The standard InChI is InChI=1S/C22H17N7O2/c30-19(16-10-5-2-6-11-16)25-22-27-20(23-14-15-8-3-1-4-9-15)26-21-24-18(28-29(21)22)17-12-7-13-31-17/h1-13H,14H2,(H2,23,24,25,26,27,28,30). The van der Waals surface area contributed by atoms with E-state index in [1.807, 2.05) is 36.4 Å². The average molecular weight is 411 g/mol. The Morgan fingerprint density at radius 2 is 1.68 bits per heavy atom. The topological polar surface area (TPSA) is 110 Å². The Labute approximate surface area is 176 Å². The van der Waals surface area contributed by atoms with E-state index in [0.717, 1.165) is 5.56 Å². The molecule has 2 aromatic carbocycles. The van der Waals surface area contributed by atoms with E-state index in [-0.39, 0.29) is 17.6 Å². The van der Waals surface area contributed by atoms with Gasteiger partial charge in [-0.15, -0.1) is 5.10 Å². The molecule has 5 rings (SSSR count). The van der Waals surface area contributed by atoms with Crippen LogP contribution in [0.4, 0.5) is 11.9 Å². The number of fused-ring (bicyclic) bond motifs is 1. The molecule has 5 aromatic rings. The molecule has 0 bridgehead atoms. The van der Waals surface area contributed by atoms with E-state index in [1.54, 1.807) is 36.4 Å². The summed E-state index contributed by atoms with van der Waals surface area (Å²) in [4.78, 5) is 26.0. The first kappa shape index (κ1) is 18.5. The van der Waals surface area contributed by atoms with Gasteiger partial charge in [-0.3, -0.25) is 10.1 Å². The van der Waals surface area contributed by atoms with Crippen LogP contribution in [0, 0.1) is 0 Å². The van der Waals surface area contributed by atoms with Gasteiger partial charge in [0.25, 0.3) is 11.7 Å². The van der Waals surface area contributed by atoms with Crippen molar-refractivity contribution in [3.05, 3.63) is 90.2 Å². The molecular weight excluding hydrogens is 394 g/mol. The summed E-state index contributed by atoms with van der Waals surface area (Å²) >= 11 is 0. The maximum atomic E-state index is 12.7. The summed E-state index contributed by atoms with van der Waals surface area (Å²) in [7, 11) is 0. The quantitative estimate of drug-likeness (QED) is 0.439. The van der Waals surface area contributed by atoms with E-state index in [1.165, 1.54) is 10.8 Å². The predicted octanol–water partition coefficient (Wildman–Crippen LogP) is 3.64. The van der Waals surface area contributed by atoms with Crippen molar-refractivity contribution in [2.75, 3.05) is 10.6 Å². The van der Waals surface area contributed by atoms with Gasteiger partial charge in [-0.2, -0.15) is 19.5 Å². The van der Waals surface area contributed by atoms with Crippen LogP contribution in [0.3, 0.4) is 0 Å². The molecule has 0 spiro atoms. The molecule has 0 saturated heterocycles. The number of hydrogen-bond acceptors (Lipinski definition) is 7. The Morgan fingerprint density at radius 1 is 0.903 bits per heavy atom. The number of benzene rings is 2. The monoisotopic (exact) mass is 411 g/mol. The molecule has 3 aromatic heterocycles. The number of rotatable bonds is 6. The number of carbonyl (C=O) groups is 1. The largest absolute Gasteiger partial charge is 0.461 e. The number of nitrogens with one attached hydrogen (secondary N) is 2. The highest BCUT2D eigenvalue weighted by Gasteiger charge is 2.17. The highest BCUT2D eigenvalue weighted by atomic mass is 16.3. The van der Waals surface area contributed by atoms with Crippen LogP contribution in [0.25, 0.3) is 17.4 Å². The lowest BCUT2D eigenvalue weighted by Crippen LogP contribution is -2.18. The van der Waals surface area contributed by atoms with Gasteiger partial charge in [0.2, 0.25) is 17.7 Å². The molecule has 9 heteroatoms. The van der Waals surface area contributed by atoms with Crippen molar-refractivity contribution in [1.29, 1.82) is 0 Å². The molecule has 1 amide bonds. The molecule has 2 N–H and O–H groups in total. The number of aromatic nitrogens is 5. The molecule has 152 valence electrons. The first-order valence-corrected chi connectivity index (χ1v) is 9.59. The smallest absolute Gasteiger partial charge is 0.259 e. The van der Waals surface area contributed by atoms with Crippen molar-refractivity contribution in [3.8, 4) is 11.6 Å². The van der Waals surface area contributed by atoms with Crippen LogP contribution in [-0.2, 0) is 6.54 Å². The molecule has 0 aliphatic rings. The Bertz CT molecular complexity index is 1320. The number of anilines is 2. The van der Waals surface area contributed by atoms with Crippen LogP contribution < -0.4 is 10.6 Å². The molecule has 0 radical (unpaired) electrons. The maximum absolute atomic E-state index is 12.7. The van der Waals surface area contributed by atoms with Crippen LogP contribution in [0.15, 0.2) is 83.5 Å². The van der Waals surface area contributed by atoms with Gasteiger partial charge in [0, 0.05) is 12.1 Å². The van der Waals surface area contributed by atoms with Crippen LogP contribution in [0.2, 0.25) is 0 Å². The van der Waals surface area contributed by atoms with Gasteiger partial charge in [-0.1, -0.05) is 48.5 Å². The minimum absolute atomic E-state index is 0.194. The number of hydrogen-bond donors (Lipinski definition) is 2. The van der Waals surface area contributed by atoms with Crippen LogP contribution in [0.1, 0.15) is 15.9 Å². The van der Waals surface area contributed by atoms with E-state index in [2.05, 4.69) is 30.7 Å². The zero-order valence-corrected chi connectivity index (χ0v) is 16.3. The second kappa shape index (κ2) is 8.07. The van der Waals surface area contributed by atoms with Crippen molar-refractivity contribution in [2.45, 2.75) is 6.54 Å². The molecular formula is C22H17N7O2. The molecule has 0 aliphatic heterocycles. The summed E-state index contributed by atoms with van der Waals surface area (Å²) in [5.74, 6) is 1.31. The van der Waals surface area contributed by atoms with Crippen LogP contribution >= 0.6 is 0 Å². The summed E-state index contributed by atoms with van der Waals surface area (Å²) in [5.41, 5.74) is 1.57. The Balaban J connectivity index is 1.51. The Kier molecular flexibility index (Phi) is 4.82. The van der Waals surface area contributed by atoms with Gasteiger partial charge in [-0.05, 0) is 29.8 Å². The summed E-state index contributed by atoms with van der Waals surface area (Å²) in [6.07, 6.45) is 1.54. The summed E-state index contributed by atoms with van der Waals surface area (Å²) in [5, 5.41) is 10.4. The molecule has 0 atom stereocenters. The highest BCUT2D eigenvalue weighted by Crippen LogP contribution is 2.19. The molecule has 0 unspecified atom stereocenters. The zero-order valence-electron chi connectivity index (χ0n) is 16.3. The molecule has 9 nitrogen and oxygen atoms in total. The lowest BCUT2D eigenvalue weighted by molar-refractivity contribution is 0.102. The first-order valence-electron chi connectivity index (χ1n) is 9.59. The van der Waals surface area contributed by atoms with Gasteiger partial charge >= 0.3 is 0 Å². The summed E-state index contributed by atoms with van der Waals surface area (Å²) in [6, 6.07) is 22.2. The predicted molar refractivity (Wildman–Crippen MR) is 114 cm³/mol. The van der Waals surface area contributed by atoms with Crippen molar-refractivity contribution in [3.63, 3.8) is 0 Å². The zero-order chi connectivity index (χ0) is 21.0. The Hall–Kier alpha value is -4.53. The molecule has 31 heavy (non-hydrogen) atoms. The number of carbonyl (C=O) groups excluding carboxylic acids is 1. The van der Waals surface area contributed by atoms with Gasteiger partial charge in [0.1, 0.15) is 0 Å². The second-order valence-electron chi connectivity index (χ2n) is 6.65. The maximum Gasteiger partial charge on any atom is 0.259 e.